The maximum Gasteiger partial charge on any atom is 0.229 e. The Labute approximate surface area is 259 Å². The summed E-state index contributed by atoms with van der Waals surface area (Å²) in [4.78, 5) is 65.0. The maximum atomic E-state index is 13.3. The zero-order chi connectivity index (χ0) is 32.1. The predicted molar refractivity (Wildman–Crippen MR) is 169 cm³/mol. The third kappa shape index (κ3) is 10.1. The van der Waals surface area contributed by atoms with E-state index in [0.29, 0.717) is 19.6 Å². The zero-order valence-electron chi connectivity index (χ0n) is 25.8. The first-order chi connectivity index (χ1) is 21.1. The number of nitrogens with two attached hydrogens (primary N) is 1. The largest absolute Gasteiger partial charge is 0.356 e. The molecule has 0 spiro atoms. The van der Waals surface area contributed by atoms with Crippen LogP contribution >= 0.6 is 0 Å². The molecule has 2 atom stereocenters. The number of ketones is 1. The quantitative estimate of drug-likeness (QED) is 0.230. The van der Waals surface area contributed by atoms with E-state index < -0.39 is 12.0 Å². The number of hydrogen-bond acceptors (Lipinski definition) is 6. The number of benzene rings is 2. The van der Waals surface area contributed by atoms with Crippen LogP contribution < -0.4 is 26.6 Å². The first-order valence-corrected chi connectivity index (χ1v) is 15.2. The minimum absolute atomic E-state index is 0.00355. The first kappa shape index (κ1) is 34.0. The monoisotopic (exact) mass is 601 g/mol. The van der Waals surface area contributed by atoms with Gasteiger partial charge in [0.05, 0.1) is 18.3 Å². The molecule has 0 saturated carbocycles. The van der Waals surface area contributed by atoms with Crippen LogP contribution in [0.4, 0.5) is 5.69 Å². The second-order valence-electron chi connectivity index (χ2n) is 11.3. The van der Waals surface area contributed by atoms with Gasteiger partial charge in [-0.05, 0) is 36.1 Å². The fraction of sp³-hybridized carbons (Fsp3) is 0.441. The van der Waals surface area contributed by atoms with Crippen LogP contribution in [0.25, 0.3) is 0 Å². The van der Waals surface area contributed by atoms with Crippen molar-refractivity contribution in [3.8, 4) is 11.8 Å². The molecule has 1 aliphatic rings. The van der Waals surface area contributed by atoms with E-state index in [4.69, 9.17) is 5.73 Å². The van der Waals surface area contributed by atoms with Gasteiger partial charge < -0.3 is 26.6 Å². The molecule has 0 unspecified atom stereocenters. The molecule has 2 aromatic rings. The number of amides is 4. The van der Waals surface area contributed by atoms with Crippen molar-refractivity contribution in [1.82, 2.24) is 16.0 Å². The molecule has 234 valence electrons. The Balaban J connectivity index is 1.44. The van der Waals surface area contributed by atoms with E-state index in [0.717, 1.165) is 22.4 Å². The Hall–Kier alpha value is -4.49. The summed E-state index contributed by atoms with van der Waals surface area (Å²) in [6.45, 7) is 6.51. The number of nitrogens with one attached hydrogen (secondary N) is 3. The Bertz CT molecular complexity index is 1410. The second kappa shape index (κ2) is 17.0. The molecule has 0 fully saturated rings. The van der Waals surface area contributed by atoms with Crippen molar-refractivity contribution in [2.75, 3.05) is 24.5 Å². The lowest BCUT2D eigenvalue weighted by molar-refractivity contribution is -0.132. The Morgan fingerprint density at radius 1 is 0.841 bits per heavy atom. The fourth-order valence-electron chi connectivity index (χ4n) is 4.90. The molecule has 10 nitrogen and oxygen atoms in total. The van der Waals surface area contributed by atoms with Gasteiger partial charge in [-0.3, -0.25) is 24.0 Å². The average Bonchev–Trinajstić information content (AvgIpc) is 2.99. The van der Waals surface area contributed by atoms with E-state index in [2.05, 4.69) is 27.8 Å². The number of carbonyl (C=O) groups is 5. The summed E-state index contributed by atoms with van der Waals surface area (Å²) in [5.74, 6) is 4.47. The molecule has 0 bridgehead atoms. The third-order valence-corrected chi connectivity index (χ3v) is 7.37. The predicted octanol–water partition coefficient (Wildman–Crippen LogP) is 2.42. The van der Waals surface area contributed by atoms with Gasteiger partial charge in [-0.15, -0.1) is 0 Å². The minimum Gasteiger partial charge on any atom is -0.356 e. The minimum atomic E-state index is -0.724. The molecule has 3 rings (SSSR count). The van der Waals surface area contributed by atoms with Gasteiger partial charge in [-0.2, -0.15) is 0 Å². The number of nitrogens with zero attached hydrogens (tertiary/aromatic N) is 1. The molecule has 0 saturated heterocycles. The van der Waals surface area contributed by atoms with Gasteiger partial charge in [-0.25, -0.2) is 0 Å². The Kier molecular flexibility index (Phi) is 13.1. The number of hydrogen-bond donors (Lipinski definition) is 4. The van der Waals surface area contributed by atoms with Gasteiger partial charge in [-0.1, -0.05) is 62.9 Å². The number of Topliss-reactive ketones (excluding diaryl/α,β-unsaturated/α-hetero) is 1. The molecular formula is C34H43N5O5. The van der Waals surface area contributed by atoms with Crippen molar-refractivity contribution in [3.63, 3.8) is 0 Å². The Morgan fingerprint density at radius 3 is 2.23 bits per heavy atom. The smallest absolute Gasteiger partial charge is 0.229 e. The van der Waals surface area contributed by atoms with Crippen molar-refractivity contribution in [2.45, 2.75) is 65.5 Å². The summed E-state index contributed by atoms with van der Waals surface area (Å²) in [6.07, 6.45) is 0.578. The molecule has 1 aliphatic heterocycles. The first-order valence-electron chi connectivity index (χ1n) is 15.2. The van der Waals surface area contributed by atoms with Crippen LogP contribution in [0.5, 0.6) is 0 Å². The fourth-order valence-corrected chi connectivity index (χ4v) is 4.90. The van der Waals surface area contributed by atoms with E-state index in [1.807, 2.05) is 62.4 Å². The van der Waals surface area contributed by atoms with E-state index in [9.17, 15) is 24.0 Å². The lowest BCUT2D eigenvalue weighted by Gasteiger charge is -2.26. The highest BCUT2D eigenvalue weighted by atomic mass is 16.2. The molecule has 0 radical (unpaired) electrons. The summed E-state index contributed by atoms with van der Waals surface area (Å²) >= 11 is 0. The second-order valence-corrected chi connectivity index (χ2v) is 11.3. The normalized spacial score (nSPS) is 13.2. The van der Waals surface area contributed by atoms with Crippen LogP contribution in [0, 0.1) is 23.7 Å². The number of anilines is 1. The van der Waals surface area contributed by atoms with Gasteiger partial charge in [0, 0.05) is 62.4 Å². The van der Waals surface area contributed by atoms with Crippen LogP contribution in [0.15, 0.2) is 48.5 Å². The van der Waals surface area contributed by atoms with Crippen LogP contribution in [0.2, 0.25) is 0 Å². The van der Waals surface area contributed by atoms with Crippen molar-refractivity contribution in [2.24, 2.45) is 17.6 Å². The van der Waals surface area contributed by atoms with Crippen molar-refractivity contribution >= 4 is 35.1 Å². The topological polar surface area (TPSA) is 151 Å². The summed E-state index contributed by atoms with van der Waals surface area (Å²) < 4.78 is 0. The lowest BCUT2D eigenvalue weighted by atomic mass is 9.92. The van der Waals surface area contributed by atoms with E-state index in [1.165, 1.54) is 0 Å². The van der Waals surface area contributed by atoms with Gasteiger partial charge in [0.25, 0.3) is 0 Å². The highest BCUT2D eigenvalue weighted by Gasteiger charge is 2.27. The molecule has 10 heteroatoms. The number of fused-ring (bicyclic) bond motifs is 2. The standard InChI is InChI=1S/C34H43N5O5/c1-23(2)33(29(40)21-24(3)34(44)37-20-18-35)38-31(42)14-8-13-30(41)36-19-17-32(43)39-22-27-11-5-4-9-25(27)15-16-26-10-6-7-12-28(26)39/h4-7,9-12,23-24,33H,8,13-14,17-22,35H2,1-3H3,(H,36,41)(H,37,44)(H,38,42)/t24-,33+/m1/s1. The number of rotatable bonds is 15. The summed E-state index contributed by atoms with van der Waals surface area (Å²) in [5.41, 5.74) is 8.74. The molecule has 0 aromatic heterocycles. The van der Waals surface area contributed by atoms with Crippen molar-refractivity contribution in [1.29, 1.82) is 0 Å². The van der Waals surface area contributed by atoms with Crippen LogP contribution in [-0.2, 0) is 30.5 Å². The molecule has 5 N–H and O–H groups in total. The van der Waals surface area contributed by atoms with Crippen molar-refractivity contribution < 1.29 is 24.0 Å². The van der Waals surface area contributed by atoms with Crippen molar-refractivity contribution in [3.05, 3.63) is 65.2 Å². The molecule has 2 aromatic carbocycles. The van der Waals surface area contributed by atoms with Gasteiger partial charge in [0.2, 0.25) is 23.6 Å². The van der Waals surface area contributed by atoms with Gasteiger partial charge in [0.1, 0.15) is 0 Å². The number of carbonyl (C=O) groups excluding carboxylic acids is 5. The van der Waals surface area contributed by atoms with Gasteiger partial charge in [0.15, 0.2) is 5.78 Å². The zero-order valence-corrected chi connectivity index (χ0v) is 25.8. The summed E-state index contributed by atoms with van der Waals surface area (Å²) in [5, 5.41) is 8.21. The molecular weight excluding hydrogens is 558 g/mol. The van der Waals surface area contributed by atoms with E-state index in [1.54, 1.807) is 11.8 Å². The van der Waals surface area contributed by atoms with Crippen LogP contribution in [-0.4, -0.2) is 55.1 Å². The number of para-hydroxylation sites is 1. The molecule has 1 heterocycles. The highest BCUT2D eigenvalue weighted by Crippen LogP contribution is 2.25. The van der Waals surface area contributed by atoms with Gasteiger partial charge >= 0.3 is 0 Å². The van der Waals surface area contributed by atoms with E-state index in [-0.39, 0.29) is 74.0 Å². The summed E-state index contributed by atoms with van der Waals surface area (Å²) in [6, 6.07) is 14.5. The SMILES string of the molecule is CC(C)[C@H](NC(=O)CCCC(=O)NCCC(=O)N1Cc2ccccc2C#Cc2ccccc21)C(=O)C[C@@H](C)C(=O)NCCN. The maximum absolute atomic E-state index is 13.3. The summed E-state index contributed by atoms with van der Waals surface area (Å²) in [7, 11) is 0. The molecule has 0 aliphatic carbocycles. The third-order valence-electron chi connectivity index (χ3n) is 7.37. The highest BCUT2D eigenvalue weighted by molar-refractivity contribution is 5.95. The van der Waals surface area contributed by atoms with E-state index >= 15 is 0 Å². The molecule has 4 amide bonds. The Morgan fingerprint density at radius 2 is 1.50 bits per heavy atom. The molecule has 44 heavy (non-hydrogen) atoms. The van der Waals surface area contributed by atoms with Crippen LogP contribution in [0.3, 0.4) is 0 Å². The average molecular weight is 602 g/mol. The van der Waals surface area contributed by atoms with Crippen LogP contribution in [0.1, 0.15) is 69.6 Å². The lowest BCUT2D eigenvalue weighted by Crippen LogP contribution is -2.45.